The second-order valence-corrected chi connectivity index (χ2v) is 6.10. The van der Waals surface area contributed by atoms with Crippen LogP contribution in [0.4, 0.5) is 0 Å². The molecule has 0 radical (unpaired) electrons. The van der Waals surface area contributed by atoms with Crippen LogP contribution in [-0.2, 0) is 6.54 Å². The third-order valence-corrected chi connectivity index (χ3v) is 4.01. The Morgan fingerprint density at radius 3 is 2.71 bits per heavy atom. The summed E-state index contributed by atoms with van der Waals surface area (Å²) >= 11 is 11.9. The van der Waals surface area contributed by atoms with Crippen molar-refractivity contribution in [3.63, 3.8) is 0 Å². The zero-order chi connectivity index (χ0) is 14.8. The highest BCUT2D eigenvalue weighted by Gasteiger charge is 2.20. The van der Waals surface area contributed by atoms with E-state index >= 15 is 0 Å². The molecule has 21 heavy (non-hydrogen) atoms. The molecule has 1 aliphatic carbocycles. The summed E-state index contributed by atoms with van der Waals surface area (Å²) in [5.41, 5.74) is 2.10. The minimum absolute atomic E-state index is 0.470. The zero-order valence-corrected chi connectivity index (χ0v) is 13.2. The molecule has 0 amide bonds. The summed E-state index contributed by atoms with van der Waals surface area (Å²) in [7, 11) is 0. The maximum absolute atomic E-state index is 5.99. The summed E-state index contributed by atoms with van der Waals surface area (Å²) in [6, 6.07) is 9.88. The Hall–Kier alpha value is -1.29. The topological polar surface area (TPSA) is 34.1 Å². The fraction of sp³-hybridized carbons (Fsp3) is 0.312. The molecule has 5 heteroatoms. The monoisotopic (exact) mass is 322 g/mol. The normalized spacial score (nSPS) is 14.2. The van der Waals surface area contributed by atoms with Crippen molar-refractivity contribution in [1.82, 2.24) is 10.3 Å². The Kier molecular flexibility index (Phi) is 4.34. The molecular formula is C16H16Cl2N2O. The lowest BCUT2D eigenvalue weighted by Gasteiger charge is -2.09. The number of aromatic nitrogens is 1. The number of benzene rings is 1. The lowest BCUT2D eigenvalue weighted by atomic mass is 10.2. The predicted molar refractivity (Wildman–Crippen MR) is 85.4 cm³/mol. The zero-order valence-electron chi connectivity index (χ0n) is 11.7. The molecule has 1 aromatic heterocycles. The molecule has 0 saturated heterocycles. The van der Waals surface area contributed by atoms with Crippen molar-refractivity contribution >= 4 is 23.2 Å². The molecule has 1 aliphatic rings. The van der Waals surface area contributed by atoms with E-state index in [0.717, 1.165) is 12.2 Å². The maximum atomic E-state index is 5.99. The van der Waals surface area contributed by atoms with E-state index in [1.807, 2.05) is 13.0 Å². The fourth-order valence-electron chi connectivity index (χ4n) is 2.07. The highest BCUT2D eigenvalue weighted by atomic mass is 35.5. The number of aryl methyl sites for hydroxylation is 1. The molecule has 3 rings (SSSR count). The number of ether oxygens (including phenoxy) is 1. The van der Waals surface area contributed by atoms with Gasteiger partial charge in [0, 0.05) is 30.4 Å². The van der Waals surface area contributed by atoms with Crippen molar-refractivity contribution in [3.05, 3.63) is 51.6 Å². The van der Waals surface area contributed by atoms with Crippen molar-refractivity contribution in [2.75, 3.05) is 0 Å². The van der Waals surface area contributed by atoms with Crippen LogP contribution in [0.15, 0.2) is 30.3 Å². The van der Waals surface area contributed by atoms with Gasteiger partial charge in [-0.1, -0.05) is 23.2 Å². The molecule has 2 aromatic rings. The summed E-state index contributed by atoms with van der Waals surface area (Å²) in [4.78, 5) is 4.40. The van der Waals surface area contributed by atoms with E-state index in [2.05, 4.69) is 16.4 Å². The average molecular weight is 323 g/mol. The Morgan fingerprint density at radius 1 is 1.19 bits per heavy atom. The first-order valence-corrected chi connectivity index (χ1v) is 7.69. The molecule has 1 saturated carbocycles. The van der Waals surface area contributed by atoms with Gasteiger partial charge >= 0.3 is 0 Å². The van der Waals surface area contributed by atoms with Gasteiger partial charge in [0.25, 0.3) is 0 Å². The van der Waals surface area contributed by atoms with Crippen molar-refractivity contribution in [2.24, 2.45) is 0 Å². The third kappa shape index (κ3) is 4.10. The maximum Gasteiger partial charge on any atom is 0.219 e. The van der Waals surface area contributed by atoms with Crippen LogP contribution in [-0.4, -0.2) is 11.0 Å². The van der Waals surface area contributed by atoms with Gasteiger partial charge in [0.05, 0.1) is 10.0 Å². The van der Waals surface area contributed by atoms with Crippen LogP contribution in [0.3, 0.4) is 0 Å². The minimum Gasteiger partial charge on any atom is -0.439 e. The van der Waals surface area contributed by atoms with Crippen molar-refractivity contribution in [3.8, 4) is 11.6 Å². The molecule has 0 atom stereocenters. The number of nitrogens with one attached hydrogen (secondary N) is 1. The quantitative estimate of drug-likeness (QED) is 0.863. The fourth-order valence-corrected chi connectivity index (χ4v) is 2.36. The minimum atomic E-state index is 0.470. The molecular weight excluding hydrogens is 307 g/mol. The summed E-state index contributed by atoms with van der Waals surface area (Å²) in [6.45, 7) is 2.80. The van der Waals surface area contributed by atoms with Crippen LogP contribution in [0.1, 0.15) is 24.1 Å². The van der Waals surface area contributed by atoms with E-state index in [4.69, 9.17) is 27.9 Å². The van der Waals surface area contributed by atoms with Gasteiger partial charge in [0.1, 0.15) is 5.75 Å². The van der Waals surface area contributed by atoms with Gasteiger partial charge in [-0.25, -0.2) is 4.98 Å². The van der Waals surface area contributed by atoms with E-state index in [1.165, 1.54) is 18.4 Å². The molecule has 1 aromatic carbocycles. The van der Waals surface area contributed by atoms with Crippen LogP contribution < -0.4 is 10.1 Å². The number of halogens is 2. The first-order chi connectivity index (χ1) is 10.1. The van der Waals surface area contributed by atoms with E-state index in [9.17, 15) is 0 Å². The van der Waals surface area contributed by atoms with Crippen LogP contribution in [0.5, 0.6) is 11.6 Å². The molecule has 1 N–H and O–H groups in total. The number of rotatable bonds is 5. The molecule has 110 valence electrons. The SMILES string of the molecule is Cc1cc(CNC2CC2)cc(Oc2ccc(Cl)c(Cl)c2)n1. The average Bonchev–Trinajstić information content (AvgIpc) is 3.24. The lowest BCUT2D eigenvalue weighted by molar-refractivity contribution is 0.460. The van der Waals surface area contributed by atoms with Crippen molar-refractivity contribution < 1.29 is 4.74 Å². The number of nitrogens with zero attached hydrogens (tertiary/aromatic N) is 1. The molecule has 3 nitrogen and oxygen atoms in total. The molecule has 0 spiro atoms. The predicted octanol–water partition coefficient (Wildman–Crippen LogP) is 4.74. The van der Waals surface area contributed by atoms with Gasteiger partial charge in [0.2, 0.25) is 5.88 Å². The molecule has 0 unspecified atom stereocenters. The second-order valence-electron chi connectivity index (χ2n) is 5.29. The number of pyridine rings is 1. The highest BCUT2D eigenvalue weighted by molar-refractivity contribution is 6.42. The van der Waals surface area contributed by atoms with E-state index in [1.54, 1.807) is 18.2 Å². The Morgan fingerprint density at radius 2 is 2.00 bits per heavy atom. The van der Waals surface area contributed by atoms with Gasteiger partial charge < -0.3 is 10.1 Å². The second kappa shape index (κ2) is 6.22. The summed E-state index contributed by atoms with van der Waals surface area (Å²) in [5, 5.41) is 4.47. The van der Waals surface area contributed by atoms with Crippen LogP contribution in [0, 0.1) is 6.92 Å². The van der Waals surface area contributed by atoms with Gasteiger partial charge in [-0.05, 0) is 43.5 Å². The van der Waals surface area contributed by atoms with Gasteiger partial charge in [-0.2, -0.15) is 0 Å². The van der Waals surface area contributed by atoms with Crippen LogP contribution in [0.25, 0.3) is 0 Å². The van der Waals surface area contributed by atoms with E-state index in [-0.39, 0.29) is 0 Å². The first-order valence-electron chi connectivity index (χ1n) is 6.94. The third-order valence-electron chi connectivity index (χ3n) is 3.28. The Bertz CT molecular complexity index is 657. The van der Waals surface area contributed by atoms with Gasteiger partial charge in [-0.3, -0.25) is 0 Å². The molecule has 0 bridgehead atoms. The first kappa shape index (κ1) is 14.6. The molecule has 0 aliphatic heterocycles. The van der Waals surface area contributed by atoms with E-state index in [0.29, 0.717) is 27.7 Å². The van der Waals surface area contributed by atoms with Gasteiger partial charge in [0.15, 0.2) is 0 Å². The lowest BCUT2D eigenvalue weighted by Crippen LogP contribution is -2.15. The summed E-state index contributed by atoms with van der Waals surface area (Å²) in [5.74, 6) is 1.20. The molecule has 1 heterocycles. The van der Waals surface area contributed by atoms with E-state index < -0.39 is 0 Å². The van der Waals surface area contributed by atoms with Crippen LogP contribution >= 0.6 is 23.2 Å². The highest BCUT2D eigenvalue weighted by Crippen LogP contribution is 2.29. The number of hydrogen-bond acceptors (Lipinski definition) is 3. The number of hydrogen-bond donors (Lipinski definition) is 1. The smallest absolute Gasteiger partial charge is 0.219 e. The largest absolute Gasteiger partial charge is 0.439 e. The van der Waals surface area contributed by atoms with Crippen molar-refractivity contribution in [1.29, 1.82) is 0 Å². The summed E-state index contributed by atoms with van der Waals surface area (Å²) < 4.78 is 5.78. The Balaban J connectivity index is 1.75. The van der Waals surface area contributed by atoms with Crippen LogP contribution in [0.2, 0.25) is 10.0 Å². The molecule has 1 fully saturated rings. The summed E-state index contributed by atoms with van der Waals surface area (Å²) in [6.07, 6.45) is 2.55. The Labute approximate surface area is 134 Å². The van der Waals surface area contributed by atoms with Crippen molar-refractivity contribution in [2.45, 2.75) is 32.4 Å². The standard InChI is InChI=1S/C16H16Cl2N2O/c1-10-6-11(9-19-12-2-3-12)7-16(20-10)21-13-4-5-14(17)15(18)8-13/h4-8,12,19H,2-3,9H2,1H3. The van der Waals surface area contributed by atoms with Gasteiger partial charge in [-0.15, -0.1) is 0 Å².